The van der Waals surface area contributed by atoms with Gasteiger partial charge in [-0.15, -0.1) is 0 Å². The number of aryl methyl sites for hydroxylation is 1. The van der Waals surface area contributed by atoms with Gasteiger partial charge in [-0.1, -0.05) is 36.7 Å². The highest BCUT2D eigenvalue weighted by Gasteiger charge is 2.18. The monoisotopic (exact) mass is 325 g/mol. The molecule has 2 rings (SSSR count). The van der Waals surface area contributed by atoms with Crippen LogP contribution in [0, 0.1) is 0 Å². The Morgan fingerprint density at radius 1 is 1.19 bits per heavy atom. The largest absolute Gasteiger partial charge is 0.392 e. The van der Waals surface area contributed by atoms with Crippen LogP contribution in [0.4, 0.5) is 5.69 Å². The van der Waals surface area contributed by atoms with E-state index in [1.165, 1.54) is 6.07 Å². The molecular weight excluding hydrogens is 310 g/mol. The van der Waals surface area contributed by atoms with Gasteiger partial charge in [0, 0.05) is 5.02 Å². The minimum Gasteiger partial charge on any atom is -0.392 e. The van der Waals surface area contributed by atoms with Crippen LogP contribution < -0.4 is 4.72 Å². The number of anilines is 1. The number of hydrogen-bond donors (Lipinski definition) is 2. The Kier molecular flexibility index (Phi) is 4.88. The summed E-state index contributed by atoms with van der Waals surface area (Å²) < 4.78 is 27.6. The molecule has 0 aliphatic rings. The van der Waals surface area contributed by atoms with Crippen LogP contribution in [-0.2, 0) is 23.1 Å². The molecule has 0 bridgehead atoms. The van der Waals surface area contributed by atoms with Crippen molar-refractivity contribution in [2.75, 3.05) is 4.72 Å². The van der Waals surface area contributed by atoms with Gasteiger partial charge in [0.1, 0.15) is 0 Å². The highest BCUT2D eigenvalue weighted by atomic mass is 35.5. The van der Waals surface area contributed by atoms with Gasteiger partial charge in [-0.2, -0.15) is 0 Å². The van der Waals surface area contributed by atoms with E-state index < -0.39 is 10.0 Å². The van der Waals surface area contributed by atoms with Crippen LogP contribution in [0.1, 0.15) is 18.1 Å². The third-order valence-corrected chi connectivity index (χ3v) is 4.76. The first-order valence-corrected chi connectivity index (χ1v) is 8.33. The summed E-state index contributed by atoms with van der Waals surface area (Å²) in [5, 5.41) is 9.64. The highest BCUT2D eigenvalue weighted by Crippen LogP contribution is 2.23. The van der Waals surface area contributed by atoms with Crippen molar-refractivity contribution < 1.29 is 13.5 Å². The van der Waals surface area contributed by atoms with Gasteiger partial charge in [-0.05, 0) is 41.8 Å². The van der Waals surface area contributed by atoms with Crippen LogP contribution in [0.15, 0.2) is 47.4 Å². The summed E-state index contributed by atoms with van der Waals surface area (Å²) >= 11 is 5.86. The van der Waals surface area contributed by atoms with Crippen LogP contribution in [0.2, 0.25) is 5.02 Å². The second-order valence-electron chi connectivity index (χ2n) is 4.57. The normalized spacial score (nSPS) is 11.4. The van der Waals surface area contributed by atoms with E-state index in [-0.39, 0.29) is 11.5 Å². The maximum atomic E-state index is 12.5. The van der Waals surface area contributed by atoms with Gasteiger partial charge in [0.15, 0.2) is 0 Å². The smallest absolute Gasteiger partial charge is 0.262 e. The van der Waals surface area contributed by atoms with E-state index in [4.69, 9.17) is 11.6 Å². The molecule has 2 aromatic carbocycles. The fraction of sp³-hybridized carbons (Fsp3) is 0.200. The van der Waals surface area contributed by atoms with Crippen molar-refractivity contribution in [2.45, 2.75) is 24.8 Å². The quantitative estimate of drug-likeness (QED) is 0.887. The van der Waals surface area contributed by atoms with E-state index in [1.807, 2.05) is 6.92 Å². The minimum absolute atomic E-state index is 0.177. The molecular formula is C15H16ClNO3S. The Bertz CT molecular complexity index is 744. The Labute approximate surface area is 129 Å². The van der Waals surface area contributed by atoms with E-state index in [9.17, 15) is 13.5 Å². The number of nitrogens with one attached hydrogen (secondary N) is 1. The summed E-state index contributed by atoms with van der Waals surface area (Å²) in [6.45, 7) is 1.68. The topological polar surface area (TPSA) is 66.4 Å². The summed E-state index contributed by atoms with van der Waals surface area (Å²) in [5.41, 5.74) is 1.65. The van der Waals surface area contributed by atoms with E-state index in [2.05, 4.69) is 4.72 Å². The maximum Gasteiger partial charge on any atom is 0.262 e. The molecule has 21 heavy (non-hydrogen) atoms. The molecule has 2 aromatic rings. The number of benzene rings is 2. The average molecular weight is 326 g/mol. The highest BCUT2D eigenvalue weighted by molar-refractivity contribution is 7.92. The number of aliphatic hydroxyl groups is 1. The van der Waals surface area contributed by atoms with Gasteiger partial charge < -0.3 is 5.11 Å². The molecule has 0 fully saturated rings. The van der Waals surface area contributed by atoms with Crippen molar-refractivity contribution in [1.29, 1.82) is 0 Å². The maximum absolute atomic E-state index is 12.5. The standard InChI is InChI=1S/C15H16ClNO3S/c1-2-12-7-6-11(10-18)8-15(12)21(19,20)17-14-5-3-4-13(16)9-14/h3-9,17-18H,2,10H2,1H3. The summed E-state index contributed by atoms with van der Waals surface area (Å²) in [6.07, 6.45) is 0.581. The molecule has 0 saturated carbocycles. The van der Waals surface area contributed by atoms with Crippen LogP contribution in [-0.4, -0.2) is 13.5 Å². The lowest BCUT2D eigenvalue weighted by molar-refractivity contribution is 0.281. The number of hydrogen-bond acceptors (Lipinski definition) is 3. The first kappa shape index (κ1) is 15.8. The van der Waals surface area contributed by atoms with E-state index >= 15 is 0 Å². The summed E-state index contributed by atoms with van der Waals surface area (Å²) in [7, 11) is -3.73. The SMILES string of the molecule is CCc1ccc(CO)cc1S(=O)(=O)Nc1cccc(Cl)c1. The molecule has 0 atom stereocenters. The molecule has 112 valence electrons. The minimum atomic E-state index is -3.73. The van der Waals surface area contributed by atoms with Crippen molar-refractivity contribution in [2.24, 2.45) is 0 Å². The average Bonchev–Trinajstić information content (AvgIpc) is 2.46. The Morgan fingerprint density at radius 2 is 1.95 bits per heavy atom. The molecule has 0 heterocycles. The first-order valence-electron chi connectivity index (χ1n) is 6.47. The Hall–Kier alpha value is -1.56. The van der Waals surface area contributed by atoms with E-state index in [1.54, 1.807) is 36.4 Å². The Morgan fingerprint density at radius 3 is 2.57 bits per heavy atom. The van der Waals surface area contributed by atoms with Gasteiger partial charge >= 0.3 is 0 Å². The predicted molar refractivity (Wildman–Crippen MR) is 84.0 cm³/mol. The lowest BCUT2D eigenvalue weighted by Gasteiger charge is -2.13. The third kappa shape index (κ3) is 3.75. The fourth-order valence-corrected chi connectivity index (χ4v) is 3.60. The number of rotatable bonds is 5. The molecule has 6 heteroatoms. The van der Waals surface area contributed by atoms with E-state index in [0.717, 1.165) is 0 Å². The molecule has 0 spiro atoms. The van der Waals surface area contributed by atoms with Crippen molar-refractivity contribution in [3.8, 4) is 0 Å². The summed E-state index contributed by atoms with van der Waals surface area (Å²) in [5.74, 6) is 0. The molecule has 0 unspecified atom stereocenters. The fourth-order valence-electron chi connectivity index (χ4n) is 2.00. The van der Waals surface area contributed by atoms with Gasteiger partial charge in [0.25, 0.3) is 10.0 Å². The van der Waals surface area contributed by atoms with Crippen molar-refractivity contribution >= 4 is 27.3 Å². The predicted octanol–water partition coefficient (Wildman–Crippen LogP) is 3.20. The summed E-state index contributed by atoms with van der Waals surface area (Å²) in [4.78, 5) is 0.177. The van der Waals surface area contributed by atoms with Crippen LogP contribution in [0.5, 0.6) is 0 Å². The number of halogens is 1. The second kappa shape index (κ2) is 6.47. The van der Waals surface area contributed by atoms with Gasteiger partial charge in [0.05, 0.1) is 17.2 Å². The Balaban J connectivity index is 2.43. The van der Waals surface area contributed by atoms with Crippen molar-refractivity contribution in [3.63, 3.8) is 0 Å². The van der Waals surface area contributed by atoms with E-state index in [0.29, 0.717) is 28.3 Å². The van der Waals surface area contributed by atoms with Gasteiger partial charge in [0.2, 0.25) is 0 Å². The summed E-state index contributed by atoms with van der Waals surface area (Å²) in [6, 6.07) is 11.4. The molecule has 0 aromatic heterocycles. The third-order valence-electron chi connectivity index (χ3n) is 3.06. The molecule has 0 radical (unpaired) electrons. The molecule has 0 aliphatic heterocycles. The number of aliphatic hydroxyl groups excluding tert-OH is 1. The lowest BCUT2D eigenvalue weighted by Crippen LogP contribution is -2.15. The molecule has 4 nitrogen and oxygen atoms in total. The number of sulfonamides is 1. The molecule has 0 saturated heterocycles. The zero-order valence-corrected chi connectivity index (χ0v) is 13.1. The molecule has 2 N–H and O–H groups in total. The first-order chi connectivity index (χ1) is 9.96. The zero-order valence-electron chi connectivity index (χ0n) is 11.5. The zero-order chi connectivity index (χ0) is 15.5. The van der Waals surface area contributed by atoms with Crippen molar-refractivity contribution in [3.05, 3.63) is 58.6 Å². The second-order valence-corrected chi connectivity index (χ2v) is 6.66. The van der Waals surface area contributed by atoms with Crippen LogP contribution in [0.3, 0.4) is 0 Å². The lowest BCUT2D eigenvalue weighted by atomic mass is 10.1. The van der Waals surface area contributed by atoms with Crippen LogP contribution >= 0.6 is 11.6 Å². The van der Waals surface area contributed by atoms with Crippen LogP contribution in [0.25, 0.3) is 0 Å². The molecule has 0 aliphatic carbocycles. The van der Waals surface area contributed by atoms with Gasteiger partial charge in [-0.25, -0.2) is 8.42 Å². The van der Waals surface area contributed by atoms with Crippen molar-refractivity contribution in [1.82, 2.24) is 0 Å². The molecule has 0 amide bonds. The van der Waals surface area contributed by atoms with Gasteiger partial charge in [-0.3, -0.25) is 4.72 Å².